The summed E-state index contributed by atoms with van der Waals surface area (Å²) in [7, 11) is 3.53. The second-order valence-electron chi connectivity index (χ2n) is 6.55. The first-order valence-corrected chi connectivity index (χ1v) is 8.64. The number of methoxy groups -OCH3 is 1. The van der Waals surface area contributed by atoms with Gasteiger partial charge in [0, 0.05) is 32.3 Å². The van der Waals surface area contributed by atoms with E-state index in [0.29, 0.717) is 37.8 Å². The molecule has 0 aromatic heterocycles. The fourth-order valence-electron chi connectivity index (χ4n) is 2.84. The maximum absolute atomic E-state index is 12.2. The summed E-state index contributed by atoms with van der Waals surface area (Å²) >= 11 is 0. The molecule has 2 aliphatic rings. The molecule has 1 aliphatic carbocycles. The van der Waals surface area contributed by atoms with E-state index >= 15 is 0 Å². The van der Waals surface area contributed by atoms with Gasteiger partial charge in [-0.3, -0.25) is 9.59 Å². The Labute approximate surface area is 147 Å². The Morgan fingerprint density at radius 1 is 1.36 bits per heavy atom. The number of hydrogen-bond acceptors (Lipinski definition) is 5. The van der Waals surface area contributed by atoms with E-state index in [1.54, 1.807) is 19.2 Å². The molecule has 1 saturated carbocycles. The van der Waals surface area contributed by atoms with E-state index in [1.165, 1.54) is 0 Å². The predicted molar refractivity (Wildman–Crippen MR) is 94.1 cm³/mol. The molecule has 1 aromatic rings. The number of carbonyl (C=O) groups excluding carboxylic acids is 2. The molecule has 25 heavy (non-hydrogen) atoms. The minimum Gasteiger partial charge on any atom is -0.489 e. The lowest BCUT2D eigenvalue weighted by Gasteiger charge is -2.35. The zero-order valence-corrected chi connectivity index (χ0v) is 14.7. The van der Waals surface area contributed by atoms with Gasteiger partial charge in [0.05, 0.1) is 24.8 Å². The first-order chi connectivity index (χ1) is 12.1. The molecule has 1 fully saturated rings. The fourth-order valence-corrected chi connectivity index (χ4v) is 2.84. The van der Waals surface area contributed by atoms with Gasteiger partial charge in [-0.25, -0.2) is 0 Å². The molecule has 1 heterocycles. The third-order valence-electron chi connectivity index (χ3n) is 4.54. The van der Waals surface area contributed by atoms with Gasteiger partial charge in [0.25, 0.3) is 5.91 Å². The molecule has 0 radical (unpaired) electrons. The number of amides is 2. The third kappa shape index (κ3) is 4.42. The van der Waals surface area contributed by atoms with Crippen molar-refractivity contribution in [2.24, 2.45) is 0 Å². The Balaban J connectivity index is 1.65. The molecule has 7 nitrogen and oxygen atoms in total. The van der Waals surface area contributed by atoms with Crippen LogP contribution in [0.5, 0.6) is 5.75 Å². The third-order valence-corrected chi connectivity index (χ3v) is 4.54. The van der Waals surface area contributed by atoms with E-state index in [4.69, 9.17) is 9.47 Å². The molecular formula is C18H25N3O4. The van der Waals surface area contributed by atoms with Crippen LogP contribution in [0, 0.1) is 0 Å². The van der Waals surface area contributed by atoms with Gasteiger partial charge in [0.2, 0.25) is 5.91 Å². The van der Waals surface area contributed by atoms with Crippen molar-refractivity contribution in [3.8, 4) is 5.75 Å². The van der Waals surface area contributed by atoms with Crippen LogP contribution in [0.25, 0.3) is 0 Å². The van der Waals surface area contributed by atoms with Crippen LogP contribution >= 0.6 is 0 Å². The highest BCUT2D eigenvalue weighted by Gasteiger charge is 2.30. The number of ether oxygens (including phenoxy) is 2. The summed E-state index contributed by atoms with van der Waals surface area (Å²) in [6, 6.07) is 5.67. The van der Waals surface area contributed by atoms with Crippen LogP contribution in [0.15, 0.2) is 18.2 Å². The highest BCUT2D eigenvalue weighted by atomic mass is 16.5. The summed E-state index contributed by atoms with van der Waals surface area (Å²) in [5.41, 5.74) is 1.39. The van der Waals surface area contributed by atoms with Crippen LogP contribution in [0.4, 0.5) is 5.69 Å². The zero-order valence-electron chi connectivity index (χ0n) is 14.7. The van der Waals surface area contributed by atoms with Crippen molar-refractivity contribution in [3.63, 3.8) is 0 Å². The van der Waals surface area contributed by atoms with Crippen LogP contribution < -0.4 is 20.3 Å². The van der Waals surface area contributed by atoms with E-state index in [0.717, 1.165) is 24.3 Å². The van der Waals surface area contributed by atoms with Crippen LogP contribution in [0.3, 0.4) is 0 Å². The van der Waals surface area contributed by atoms with Crippen LogP contribution in [-0.4, -0.2) is 57.8 Å². The van der Waals surface area contributed by atoms with E-state index in [2.05, 4.69) is 10.6 Å². The summed E-state index contributed by atoms with van der Waals surface area (Å²) in [5, 5.41) is 5.81. The van der Waals surface area contributed by atoms with Crippen molar-refractivity contribution in [1.82, 2.24) is 10.6 Å². The molecule has 136 valence electrons. The Kier molecular flexibility index (Phi) is 5.43. The number of anilines is 1. The molecule has 3 rings (SSSR count). The minimum atomic E-state index is -0.151. The number of hydrogen-bond donors (Lipinski definition) is 2. The molecule has 1 atom stereocenters. The minimum absolute atomic E-state index is 0.0435. The van der Waals surface area contributed by atoms with Crippen molar-refractivity contribution >= 4 is 17.5 Å². The summed E-state index contributed by atoms with van der Waals surface area (Å²) in [6.07, 6.45) is 2.54. The standard InChI is InChI=1S/C18H25N3O4/c1-21-14(10-17(22)20-13-4-5-13)11-25-16-6-3-12(9-15(16)21)18(23)19-7-8-24-2/h3,6,9,13-14H,4-5,7-8,10-11H2,1-2H3,(H,19,23)(H,20,22)/t14-/m1/s1. The number of nitrogens with zero attached hydrogens (tertiary/aromatic N) is 1. The summed E-state index contributed by atoms with van der Waals surface area (Å²) in [5.74, 6) is 0.636. The monoisotopic (exact) mass is 347 g/mol. The normalized spacial score (nSPS) is 19.0. The molecule has 0 bridgehead atoms. The molecule has 0 unspecified atom stereocenters. The van der Waals surface area contributed by atoms with Gasteiger partial charge in [-0.2, -0.15) is 0 Å². The Morgan fingerprint density at radius 2 is 2.16 bits per heavy atom. The molecule has 0 saturated heterocycles. The van der Waals surface area contributed by atoms with Gasteiger partial charge in [-0.1, -0.05) is 0 Å². The number of nitrogens with one attached hydrogen (secondary N) is 2. The van der Waals surface area contributed by atoms with Crippen LogP contribution in [0.1, 0.15) is 29.6 Å². The summed E-state index contributed by atoms with van der Waals surface area (Å²) < 4.78 is 10.7. The molecule has 0 spiro atoms. The quantitative estimate of drug-likeness (QED) is 0.717. The average molecular weight is 347 g/mol. The van der Waals surface area contributed by atoms with Gasteiger partial charge >= 0.3 is 0 Å². The SMILES string of the molecule is COCCNC(=O)c1ccc2c(c1)N(C)[C@H](CC(=O)NC1CC1)CO2. The Morgan fingerprint density at radius 3 is 2.88 bits per heavy atom. The second-order valence-corrected chi connectivity index (χ2v) is 6.55. The molecule has 2 amide bonds. The van der Waals surface area contributed by atoms with E-state index in [1.807, 2.05) is 18.0 Å². The van der Waals surface area contributed by atoms with Gasteiger partial charge < -0.3 is 25.0 Å². The molecular weight excluding hydrogens is 322 g/mol. The van der Waals surface area contributed by atoms with E-state index < -0.39 is 0 Å². The number of benzene rings is 1. The van der Waals surface area contributed by atoms with Crippen molar-refractivity contribution in [1.29, 1.82) is 0 Å². The van der Waals surface area contributed by atoms with Crippen molar-refractivity contribution in [3.05, 3.63) is 23.8 Å². The predicted octanol–water partition coefficient (Wildman–Crippen LogP) is 0.929. The number of fused-ring (bicyclic) bond motifs is 1. The first-order valence-electron chi connectivity index (χ1n) is 8.64. The maximum Gasteiger partial charge on any atom is 0.251 e. The lowest BCUT2D eigenvalue weighted by Crippen LogP contribution is -2.44. The van der Waals surface area contributed by atoms with Crippen LogP contribution in [-0.2, 0) is 9.53 Å². The fraction of sp³-hybridized carbons (Fsp3) is 0.556. The smallest absolute Gasteiger partial charge is 0.251 e. The Bertz CT molecular complexity index is 645. The van der Waals surface area contributed by atoms with Crippen molar-refractivity contribution in [2.75, 3.05) is 38.8 Å². The van der Waals surface area contributed by atoms with Crippen molar-refractivity contribution in [2.45, 2.75) is 31.3 Å². The second kappa shape index (κ2) is 7.74. The van der Waals surface area contributed by atoms with E-state index in [-0.39, 0.29) is 17.9 Å². The molecule has 1 aromatic carbocycles. The van der Waals surface area contributed by atoms with E-state index in [9.17, 15) is 9.59 Å². The maximum atomic E-state index is 12.2. The number of likely N-dealkylation sites (N-methyl/N-ethyl adjacent to an activating group) is 1. The van der Waals surface area contributed by atoms with Crippen molar-refractivity contribution < 1.29 is 19.1 Å². The summed E-state index contributed by atoms with van der Waals surface area (Å²) in [6.45, 7) is 1.39. The Hall–Kier alpha value is -2.28. The molecule has 7 heteroatoms. The van der Waals surface area contributed by atoms with Gasteiger partial charge in [-0.05, 0) is 31.0 Å². The van der Waals surface area contributed by atoms with Crippen LogP contribution in [0.2, 0.25) is 0 Å². The molecule has 2 N–H and O–H groups in total. The zero-order chi connectivity index (χ0) is 17.8. The number of carbonyl (C=O) groups is 2. The summed E-state index contributed by atoms with van der Waals surface area (Å²) in [4.78, 5) is 26.3. The lowest BCUT2D eigenvalue weighted by atomic mass is 10.1. The topological polar surface area (TPSA) is 79.9 Å². The molecule has 1 aliphatic heterocycles. The lowest BCUT2D eigenvalue weighted by molar-refractivity contribution is -0.121. The number of rotatable bonds is 7. The van der Waals surface area contributed by atoms with Gasteiger partial charge in [0.15, 0.2) is 0 Å². The van der Waals surface area contributed by atoms with Gasteiger partial charge in [-0.15, -0.1) is 0 Å². The average Bonchev–Trinajstić information content (AvgIpc) is 3.41. The highest BCUT2D eigenvalue weighted by Crippen LogP contribution is 2.34. The van der Waals surface area contributed by atoms with Gasteiger partial charge in [0.1, 0.15) is 12.4 Å². The largest absolute Gasteiger partial charge is 0.489 e. The highest BCUT2D eigenvalue weighted by molar-refractivity contribution is 5.95. The first kappa shape index (κ1) is 17.5.